The van der Waals surface area contributed by atoms with Crippen LogP contribution in [-0.2, 0) is 14.3 Å². The smallest absolute Gasteiger partial charge is 0.372 e. The molecule has 116 valence electrons. The summed E-state index contributed by atoms with van der Waals surface area (Å²) in [5, 5.41) is 0. The molecule has 1 aliphatic heterocycles. The van der Waals surface area contributed by atoms with E-state index >= 15 is 0 Å². The van der Waals surface area contributed by atoms with Crippen LogP contribution in [-0.4, -0.2) is 48.6 Å². The van der Waals surface area contributed by atoms with Crippen molar-refractivity contribution in [1.82, 2.24) is 4.90 Å². The SMILES string of the molecule is CC(=O)CC1CCCCN1C(=O)CCOCC(F)(F)F. The average molecular weight is 295 g/mol. The molecule has 0 aromatic rings. The summed E-state index contributed by atoms with van der Waals surface area (Å²) >= 11 is 0. The van der Waals surface area contributed by atoms with Crippen LogP contribution in [0.2, 0.25) is 0 Å². The summed E-state index contributed by atoms with van der Waals surface area (Å²) in [4.78, 5) is 24.7. The number of amides is 1. The van der Waals surface area contributed by atoms with E-state index in [0.717, 1.165) is 19.3 Å². The average Bonchev–Trinajstić information content (AvgIpc) is 2.33. The number of likely N-dealkylation sites (tertiary alicyclic amines) is 1. The summed E-state index contributed by atoms with van der Waals surface area (Å²) in [5.41, 5.74) is 0. The minimum absolute atomic E-state index is 0.0167. The lowest BCUT2D eigenvalue weighted by Gasteiger charge is -2.35. The Morgan fingerprint density at radius 3 is 2.60 bits per heavy atom. The standard InChI is InChI=1S/C13H20F3NO3/c1-10(18)8-11-4-2-3-6-17(11)12(19)5-7-20-9-13(14,15)16/h11H,2-9H2,1H3. The summed E-state index contributed by atoms with van der Waals surface area (Å²) in [7, 11) is 0. The Kier molecular flexibility index (Phi) is 6.45. The van der Waals surface area contributed by atoms with Gasteiger partial charge in [0, 0.05) is 19.0 Å². The first kappa shape index (κ1) is 16.9. The molecule has 1 atom stereocenters. The van der Waals surface area contributed by atoms with Crippen LogP contribution in [0.5, 0.6) is 0 Å². The Hall–Kier alpha value is -1.11. The summed E-state index contributed by atoms with van der Waals surface area (Å²) in [6.45, 7) is 0.457. The van der Waals surface area contributed by atoms with Crippen molar-refractivity contribution in [2.24, 2.45) is 0 Å². The fraction of sp³-hybridized carbons (Fsp3) is 0.846. The summed E-state index contributed by atoms with van der Waals surface area (Å²) in [5.74, 6) is -0.221. The van der Waals surface area contributed by atoms with Gasteiger partial charge >= 0.3 is 6.18 Å². The molecule has 0 bridgehead atoms. The monoisotopic (exact) mass is 295 g/mol. The number of ether oxygens (including phenoxy) is 1. The van der Waals surface area contributed by atoms with Crippen LogP contribution < -0.4 is 0 Å². The fourth-order valence-electron chi connectivity index (χ4n) is 2.36. The summed E-state index contributed by atoms with van der Waals surface area (Å²) < 4.78 is 40.1. The molecular formula is C13H20F3NO3. The molecule has 0 radical (unpaired) electrons. The quantitative estimate of drug-likeness (QED) is 0.706. The van der Waals surface area contributed by atoms with Crippen molar-refractivity contribution < 1.29 is 27.5 Å². The van der Waals surface area contributed by atoms with Crippen LogP contribution in [0.25, 0.3) is 0 Å². The zero-order chi connectivity index (χ0) is 15.2. The lowest BCUT2D eigenvalue weighted by molar-refractivity contribution is -0.175. The van der Waals surface area contributed by atoms with Gasteiger partial charge in [-0.2, -0.15) is 13.2 Å². The van der Waals surface area contributed by atoms with E-state index in [9.17, 15) is 22.8 Å². The number of rotatable bonds is 6. The molecule has 0 N–H and O–H groups in total. The van der Waals surface area contributed by atoms with E-state index in [4.69, 9.17) is 0 Å². The molecule has 1 fully saturated rings. The van der Waals surface area contributed by atoms with E-state index in [2.05, 4.69) is 4.74 Å². The van der Waals surface area contributed by atoms with E-state index in [-0.39, 0.29) is 30.8 Å². The van der Waals surface area contributed by atoms with Gasteiger partial charge in [-0.25, -0.2) is 0 Å². The van der Waals surface area contributed by atoms with Crippen LogP contribution in [0.4, 0.5) is 13.2 Å². The minimum Gasteiger partial charge on any atom is -0.372 e. The first-order valence-electron chi connectivity index (χ1n) is 6.73. The highest BCUT2D eigenvalue weighted by Gasteiger charge is 2.29. The second kappa shape index (κ2) is 7.61. The molecule has 1 saturated heterocycles. The Bertz CT molecular complexity index is 344. The Labute approximate surface area is 116 Å². The topological polar surface area (TPSA) is 46.6 Å². The van der Waals surface area contributed by atoms with Crippen LogP contribution in [0.15, 0.2) is 0 Å². The molecule has 0 aromatic carbocycles. The highest BCUT2D eigenvalue weighted by Crippen LogP contribution is 2.21. The van der Waals surface area contributed by atoms with Gasteiger partial charge < -0.3 is 9.64 Å². The second-order valence-electron chi connectivity index (χ2n) is 5.06. The molecule has 1 amide bonds. The number of hydrogen-bond acceptors (Lipinski definition) is 3. The van der Waals surface area contributed by atoms with Crippen LogP contribution in [0.3, 0.4) is 0 Å². The van der Waals surface area contributed by atoms with E-state index in [0.29, 0.717) is 13.0 Å². The molecular weight excluding hydrogens is 275 g/mol. The number of halogens is 3. The molecule has 4 nitrogen and oxygen atoms in total. The van der Waals surface area contributed by atoms with Gasteiger partial charge in [-0.15, -0.1) is 0 Å². The van der Waals surface area contributed by atoms with Gasteiger partial charge in [0.05, 0.1) is 13.0 Å². The lowest BCUT2D eigenvalue weighted by atomic mass is 9.97. The molecule has 0 aromatic heterocycles. The van der Waals surface area contributed by atoms with Crippen LogP contribution in [0.1, 0.15) is 39.0 Å². The van der Waals surface area contributed by atoms with Gasteiger partial charge in [0.2, 0.25) is 5.91 Å². The number of alkyl halides is 3. The maximum Gasteiger partial charge on any atom is 0.411 e. The predicted octanol–water partition coefficient (Wildman–Crippen LogP) is 2.32. The lowest BCUT2D eigenvalue weighted by Crippen LogP contribution is -2.44. The van der Waals surface area contributed by atoms with E-state index < -0.39 is 12.8 Å². The molecule has 7 heteroatoms. The van der Waals surface area contributed by atoms with Gasteiger partial charge in [0.1, 0.15) is 12.4 Å². The molecule has 0 saturated carbocycles. The van der Waals surface area contributed by atoms with Crippen molar-refractivity contribution in [1.29, 1.82) is 0 Å². The minimum atomic E-state index is -4.37. The van der Waals surface area contributed by atoms with Crippen molar-refractivity contribution in [3.63, 3.8) is 0 Å². The third kappa shape index (κ3) is 6.36. The van der Waals surface area contributed by atoms with Crippen molar-refractivity contribution in [3.05, 3.63) is 0 Å². The van der Waals surface area contributed by atoms with Gasteiger partial charge in [-0.3, -0.25) is 9.59 Å². The number of carbonyl (C=O) groups is 2. The number of carbonyl (C=O) groups excluding carboxylic acids is 2. The maximum absolute atomic E-state index is 12.0. The van der Waals surface area contributed by atoms with Crippen LogP contribution in [0, 0.1) is 0 Å². The van der Waals surface area contributed by atoms with Crippen molar-refractivity contribution >= 4 is 11.7 Å². The maximum atomic E-state index is 12.0. The number of hydrogen-bond donors (Lipinski definition) is 0. The molecule has 0 aliphatic carbocycles. The number of Topliss-reactive ketones (excluding diaryl/α,β-unsaturated/α-hetero) is 1. The second-order valence-corrected chi connectivity index (χ2v) is 5.06. The van der Waals surface area contributed by atoms with E-state index in [1.165, 1.54) is 6.92 Å². The van der Waals surface area contributed by atoms with Gasteiger partial charge in [-0.05, 0) is 26.2 Å². The highest BCUT2D eigenvalue weighted by atomic mass is 19.4. The third-order valence-corrected chi connectivity index (χ3v) is 3.20. The van der Waals surface area contributed by atoms with E-state index in [1.54, 1.807) is 4.90 Å². The predicted molar refractivity (Wildman–Crippen MR) is 66.1 cm³/mol. The van der Waals surface area contributed by atoms with Crippen molar-refractivity contribution in [2.75, 3.05) is 19.8 Å². The number of nitrogens with zero attached hydrogens (tertiary/aromatic N) is 1. The zero-order valence-corrected chi connectivity index (χ0v) is 11.5. The van der Waals surface area contributed by atoms with Gasteiger partial charge in [0.15, 0.2) is 0 Å². The summed E-state index contributed by atoms with van der Waals surface area (Å²) in [6, 6.07) is -0.114. The Morgan fingerprint density at radius 2 is 2.00 bits per heavy atom. The van der Waals surface area contributed by atoms with Crippen molar-refractivity contribution in [2.45, 2.75) is 51.2 Å². The van der Waals surface area contributed by atoms with Crippen LogP contribution >= 0.6 is 0 Å². The van der Waals surface area contributed by atoms with Gasteiger partial charge in [-0.1, -0.05) is 0 Å². The van der Waals surface area contributed by atoms with Crippen molar-refractivity contribution in [3.8, 4) is 0 Å². The zero-order valence-electron chi connectivity index (χ0n) is 11.5. The molecule has 1 rings (SSSR count). The summed E-state index contributed by atoms with van der Waals surface area (Å²) in [6.07, 6.45) is -1.53. The molecule has 1 aliphatic rings. The number of ketones is 1. The third-order valence-electron chi connectivity index (χ3n) is 3.20. The molecule has 1 unspecified atom stereocenters. The fourth-order valence-corrected chi connectivity index (χ4v) is 2.36. The van der Waals surface area contributed by atoms with Gasteiger partial charge in [0.25, 0.3) is 0 Å². The normalized spacial score (nSPS) is 20.0. The first-order valence-corrected chi connectivity index (χ1v) is 6.73. The Balaban J connectivity index is 2.37. The molecule has 1 heterocycles. The molecule has 0 spiro atoms. The highest BCUT2D eigenvalue weighted by molar-refractivity contribution is 5.79. The molecule has 20 heavy (non-hydrogen) atoms. The first-order chi connectivity index (χ1) is 9.29. The largest absolute Gasteiger partial charge is 0.411 e. The van der Waals surface area contributed by atoms with E-state index in [1.807, 2.05) is 0 Å². The number of piperidine rings is 1. The Morgan fingerprint density at radius 1 is 1.30 bits per heavy atom.